The number of amides is 1. The van der Waals surface area contributed by atoms with Gasteiger partial charge in [-0.3, -0.25) is 9.10 Å². The third-order valence-electron chi connectivity index (χ3n) is 4.67. The molecular weight excluding hydrogens is 364 g/mol. The molecule has 0 atom stereocenters. The number of fused-ring (bicyclic) bond motifs is 1. The second-order valence-electron chi connectivity index (χ2n) is 6.49. The summed E-state index contributed by atoms with van der Waals surface area (Å²) in [6.07, 6.45) is 1.87. The first-order valence-electron chi connectivity index (χ1n) is 8.99. The number of nitrogens with one attached hydrogen (secondary N) is 1. The summed E-state index contributed by atoms with van der Waals surface area (Å²) in [7, 11) is -1.73. The lowest BCUT2D eigenvalue weighted by Gasteiger charge is -2.30. The van der Waals surface area contributed by atoms with Crippen molar-refractivity contribution in [3.05, 3.63) is 53.6 Å². The van der Waals surface area contributed by atoms with Gasteiger partial charge in [0.05, 0.1) is 25.0 Å². The summed E-state index contributed by atoms with van der Waals surface area (Å²) in [4.78, 5) is 12.4. The summed E-state index contributed by atoms with van der Waals surface area (Å²) in [6.45, 7) is 2.12. The highest BCUT2D eigenvalue weighted by molar-refractivity contribution is 7.92. The van der Waals surface area contributed by atoms with Crippen LogP contribution in [0.15, 0.2) is 42.5 Å². The molecule has 0 saturated heterocycles. The Balaban J connectivity index is 1.75. The fourth-order valence-electron chi connectivity index (χ4n) is 3.20. The Labute approximate surface area is 160 Å². The van der Waals surface area contributed by atoms with Crippen LogP contribution in [0.25, 0.3) is 0 Å². The molecule has 1 aliphatic heterocycles. The fourth-order valence-corrected chi connectivity index (χ4v) is 4.39. The summed E-state index contributed by atoms with van der Waals surface area (Å²) in [5.74, 6) is 0.646. The van der Waals surface area contributed by atoms with Crippen molar-refractivity contribution >= 4 is 27.3 Å². The van der Waals surface area contributed by atoms with Gasteiger partial charge < -0.3 is 10.1 Å². The third-order valence-corrected chi connectivity index (χ3v) is 6.45. The van der Waals surface area contributed by atoms with Gasteiger partial charge in [0, 0.05) is 12.2 Å². The molecule has 2 aromatic rings. The van der Waals surface area contributed by atoms with Crippen molar-refractivity contribution in [3.63, 3.8) is 0 Å². The summed E-state index contributed by atoms with van der Waals surface area (Å²) >= 11 is 0. The molecule has 0 saturated carbocycles. The Morgan fingerprint density at radius 3 is 2.59 bits per heavy atom. The number of rotatable bonds is 6. The second-order valence-corrected chi connectivity index (χ2v) is 8.67. The highest BCUT2D eigenvalue weighted by atomic mass is 32.2. The van der Waals surface area contributed by atoms with E-state index in [1.165, 1.54) is 4.31 Å². The van der Waals surface area contributed by atoms with Crippen molar-refractivity contribution < 1.29 is 17.9 Å². The van der Waals surface area contributed by atoms with Crippen molar-refractivity contribution in [2.24, 2.45) is 0 Å². The number of aryl methyl sites for hydroxylation is 1. The lowest BCUT2D eigenvalue weighted by Crippen LogP contribution is -2.36. The highest BCUT2D eigenvalue weighted by Gasteiger charge is 2.26. The maximum absolute atomic E-state index is 12.4. The van der Waals surface area contributed by atoms with Gasteiger partial charge >= 0.3 is 0 Å². The Morgan fingerprint density at radius 2 is 1.93 bits per heavy atom. The number of ether oxygens (including phenoxy) is 1. The summed E-state index contributed by atoms with van der Waals surface area (Å²) in [5.41, 5.74) is 3.14. The minimum absolute atomic E-state index is 0.0560. The van der Waals surface area contributed by atoms with Crippen LogP contribution in [0.3, 0.4) is 0 Å². The summed E-state index contributed by atoms with van der Waals surface area (Å²) in [6, 6.07) is 12.8. The van der Waals surface area contributed by atoms with Gasteiger partial charge in [0.1, 0.15) is 5.75 Å². The van der Waals surface area contributed by atoms with Gasteiger partial charge in [0.2, 0.25) is 15.9 Å². The van der Waals surface area contributed by atoms with Crippen LogP contribution in [-0.4, -0.2) is 33.7 Å². The van der Waals surface area contributed by atoms with E-state index < -0.39 is 10.0 Å². The number of benzene rings is 2. The van der Waals surface area contributed by atoms with Crippen LogP contribution in [0.4, 0.5) is 11.4 Å². The van der Waals surface area contributed by atoms with E-state index in [1.54, 1.807) is 20.1 Å². The molecule has 144 valence electrons. The monoisotopic (exact) mass is 388 g/mol. The number of hydrogen-bond donors (Lipinski definition) is 1. The zero-order valence-electron chi connectivity index (χ0n) is 15.6. The van der Waals surface area contributed by atoms with Gasteiger partial charge in [-0.15, -0.1) is 0 Å². The van der Waals surface area contributed by atoms with Crippen LogP contribution in [-0.2, 0) is 27.7 Å². The predicted octanol–water partition coefficient (Wildman–Crippen LogP) is 2.98. The van der Waals surface area contributed by atoms with E-state index in [2.05, 4.69) is 5.32 Å². The first-order valence-corrected chi connectivity index (χ1v) is 10.6. The molecule has 0 aromatic heterocycles. The second kappa shape index (κ2) is 8.00. The number of carbonyl (C=O) groups excluding carboxylic acids is 1. The van der Waals surface area contributed by atoms with Crippen molar-refractivity contribution in [2.45, 2.75) is 26.2 Å². The number of sulfonamides is 1. The predicted molar refractivity (Wildman–Crippen MR) is 107 cm³/mol. The molecule has 3 rings (SSSR count). The van der Waals surface area contributed by atoms with Crippen LogP contribution in [0.1, 0.15) is 24.5 Å². The number of hydrogen-bond acceptors (Lipinski definition) is 4. The average molecular weight is 388 g/mol. The van der Waals surface area contributed by atoms with E-state index in [0.717, 1.165) is 29.7 Å². The molecule has 0 aliphatic carbocycles. The van der Waals surface area contributed by atoms with E-state index in [-0.39, 0.29) is 18.1 Å². The van der Waals surface area contributed by atoms with Gasteiger partial charge in [0.15, 0.2) is 0 Å². The lowest BCUT2D eigenvalue weighted by molar-refractivity contribution is -0.115. The molecule has 0 radical (unpaired) electrons. The average Bonchev–Trinajstić information content (AvgIpc) is 2.68. The smallest absolute Gasteiger partial charge is 0.234 e. The lowest BCUT2D eigenvalue weighted by atomic mass is 10.0. The van der Waals surface area contributed by atoms with Crippen LogP contribution in [0.5, 0.6) is 5.75 Å². The number of anilines is 2. The quantitative estimate of drug-likeness (QED) is 0.825. The molecule has 6 nitrogen and oxygen atoms in total. The molecule has 1 aliphatic rings. The molecule has 0 unspecified atom stereocenters. The summed E-state index contributed by atoms with van der Waals surface area (Å²) < 4.78 is 31.3. The van der Waals surface area contributed by atoms with Gasteiger partial charge in [-0.05, 0) is 55.2 Å². The Kier molecular flexibility index (Phi) is 5.70. The zero-order chi connectivity index (χ0) is 19.4. The first kappa shape index (κ1) is 19.2. The van der Waals surface area contributed by atoms with Gasteiger partial charge in [-0.25, -0.2) is 8.42 Å². The third kappa shape index (κ3) is 4.42. The van der Waals surface area contributed by atoms with Gasteiger partial charge in [-0.2, -0.15) is 0 Å². The van der Waals surface area contributed by atoms with E-state index in [4.69, 9.17) is 4.74 Å². The van der Waals surface area contributed by atoms with Crippen molar-refractivity contribution in [1.29, 1.82) is 0 Å². The van der Waals surface area contributed by atoms with Crippen molar-refractivity contribution in [3.8, 4) is 5.75 Å². The number of methoxy groups -OCH3 is 1. The van der Waals surface area contributed by atoms with Gasteiger partial charge in [-0.1, -0.05) is 18.2 Å². The minimum atomic E-state index is -3.33. The first-order chi connectivity index (χ1) is 12.9. The molecule has 7 heteroatoms. The normalized spacial score (nSPS) is 13.8. The Morgan fingerprint density at radius 1 is 1.19 bits per heavy atom. The summed E-state index contributed by atoms with van der Waals surface area (Å²) in [5, 5.41) is 2.87. The minimum Gasteiger partial charge on any atom is -0.497 e. The van der Waals surface area contributed by atoms with Crippen molar-refractivity contribution in [2.75, 3.05) is 29.0 Å². The Bertz CT molecular complexity index is 923. The maximum atomic E-state index is 12.4. The Hall–Kier alpha value is -2.54. The van der Waals surface area contributed by atoms with Crippen LogP contribution in [0, 0.1) is 0 Å². The van der Waals surface area contributed by atoms with E-state index in [1.807, 2.05) is 36.4 Å². The fraction of sp³-hybridized carbons (Fsp3) is 0.350. The van der Waals surface area contributed by atoms with E-state index in [0.29, 0.717) is 17.9 Å². The van der Waals surface area contributed by atoms with E-state index >= 15 is 0 Å². The molecule has 27 heavy (non-hydrogen) atoms. The largest absolute Gasteiger partial charge is 0.497 e. The number of carbonyl (C=O) groups is 1. The molecular formula is C20H24N2O4S. The van der Waals surface area contributed by atoms with Crippen LogP contribution < -0.4 is 14.4 Å². The molecule has 0 fully saturated rings. The van der Waals surface area contributed by atoms with Crippen LogP contribution >= 0.6 is 0 Å². The van der Waals surface area contributed by atoms with Crippen molar-refractivity contribution in [1.82, 2.24) is 0 Å². The molecule has 0 spiro atoms. The van der Waals surface area contributed by atoms with Gasteiger partial charge in [0.25, 0.3) is 0 Å². The highest BCUT2D eigenvalue weighted by Crippen LogP contribution is 2.32. The molecule has 1 amide bonds. The molecule has 2 aromatic carbocycles. The molecule has 0 bridgehead atoms. The molecule has 1 N–H and O–H groups in total. The number of nitrogens with zero attached hydrogens (tertiary/aromatic N) is 1. The van der Waals surface area contributed by atoms with E-state index in [9.17, 15) is 13.2 Å². The SMILES string of the molecule is CCS(=O)(=O)N1CCCc2ccc(NC(=O)Cc3ccc(OC)cc3)cc21. The standard InChI is InChI=1S/C20H24N2O4S/c1-3-27(24,25)22-12-4-5-16-8-9-17(14-19(16)22)21-20(23)13-15-6-10-18(26-2)11-7-15/h6-11,14H,3-5,12-13H2,1-2H3,(H,21,23). The topological polar surface area (TPSA) is 75.7 Å². The zero-order valence-corrected chi connectivity index (χ0v) is 16.4. The molecule has 1 heterocycles. The van der Waals surface area contributed by atoms with Crippen LogP contribution in [0.2, 0.25) is 0 Å². The maximum Gasteiger partial charge on any atom is 0.234 e.